The number of hydrogen-bond acceptors (Lipinski definition) is 4. The predicted octanol–water partition coefficient (Wildman–Crippen LogP) is 4.27. The number of amides is 1. The van der Waals surface area contributed by atoms with Crippen molar-refractivity contribution >= 4 is 5.91 Å². The Balaban J connectivity index is 1.77. The van der Waals surface area contributed by atoms with E-state index in [2.05, 4.69) is 36.5 Å². The summed E-state index contributed by atoms with van der Waals surface area (Å²) in [6.07, 6.45) is 1.79. The van der Waals surface area contributed by atoms with Crippen molar-refractivity contribution in [1.29, 1.82) is 0 Å². The van der Waals surface area contributed by atoms with Crippen LogP contribution in [0.3, 0.4) is 0 Å². The highest BCUT2D eigenvalue weighted by Gasteiger charge is 2.35. The molecule has 0 spiro atoms. The van der Waals surface area contributed by atoms with E-state index in [1.165, 1.54) is 11.1 Å². The summed E-state index contributed by atoms with van der Waals surface area (Å²) in [5, 5.41) is 3.16. The van der Waals surface area contributed by atoms with E-state index in [0.717, 1.165) is 12.8 Å². The topological polar surface area (TPSA) is 56.8 Å². The average Bonchev–Trinajstić information content (AvgIpc) is 2.74. The van der Waals surface area contributed by atoms with Crippen molar-refractivity contribution in [2.45, 2.75) is 39.0 Å². The van der Waals surface area contributed by atoms with Crippen molar-refractivity contribution < 1.29 is 19.0 Å². The summed E-state index contributed by atoms with van der Waals surface area (Å²) in [4.78, 5) is 12.9. The van der Waals surface area contributed by atoms with Gasteiger partial charge >= 0.3 is 0 Å². The smallest absolute Gasteiger partial charge is 0.251 e. The molecule has 5 nitrogen and oxygen atoms in total. The quantitative estimate of drug-likeness (QED) is 0.723. The van der Waals surface area contributed by atoms with Crippen LogP contribution in [0.25, 0.3) is 0 Å². The van der Waals surface area contributed by atoms with Gasteiger partial charge in [-0.1, -0.05) is 29.8 Å². The van der Waals surface area contributed by atoms with Gasteiger partial charge in [0.15, 0.2) is 11.5 Å². The molecule has 156 valence electrons. The summed E-state index contributed by atoms with van der Waals surface area (Å²) in [6.45, 7) is 9.01. The van der Waals surface area contributed by atoms with Crippen LogP contribution in [0.4, 0.5) is 0 Å². The number of carbonyl (C=O) groups excluding carboxylic acids is 1. The van der Waals surface area contributed by atoms with E-state index in [0.29, 0.717) is 50.0 Å². The molecule has 1 amide bonds. The number of carbonyl (C=O) groups is 1. The van der Waals surface area contributed by atoms with Crippen LogP contribution >= 0.6 is 0 Å². The van der Waals surface area contributed by atoms with Gasteiger partial charge in [0, 0.05) is 30.7 Å². The Morgan fingerprint density at radius 2 is 1.76 bits per heavy atom. The van der Waals surface area contributed by atoms with Crippen molar-refractivity contribution in [2.24, 2.45) is 0 Å². The highest BCUT2D eigenvalue weighted by Crippen LogP contribution is 2.35. The third-order valence-electron chi connectivity index (χ3n) is 5.47. The van der Waals surface area contributed by atoms with Gasteiger partial charge in [-0.2, -0.15) is 0 Å². The molecule has 1 saturated heterocycles. The number of nitrogens with one attached hydrogen (secondary N) is 1. The maximum absolute atomic E-state index is 12.9. The normalized spacial score (nSPS) is 15.6. The zero-order chi connectivity index (χ0) is 20.7. The minimum absolute atomic E-state index is 0.103. The summed E-state index contributed by atoms with van der Waals surface area (Å²) < 4.78 is 16.9. The van der Waals surface area contributed by atoms with Crippen LogP contribution in [-0.2, 0) is 10.2 Å². The van der Waals surface area contributed by atoms with Crippen molar-refractivity contribution in [3.05, 3.63) is 59.2 Å². The molecule has 1 N–H and O–H groups in total. The molecule has 0 saturated carbocycles. The lowest BCUT2D eigenvalue weighted by Crippen LogP contribution is -2.44. The van der Waals surface area contributed by atoms with Crippen molar-refractivity contribution in [1.82, 2.24) is 5.32 Å². The zero-order valence-corrected chi connectivity index (χ0v) is 17.6. The van der Waals surface area contributed by atoms with Crippen LogP contribution in [0.2, 0.25) is 0 Å². The van der Waals surface area contributed by atoms with Gasteiger partial charge < -0.3 is 19.5 Å². The number of rotatable bonds is 8. The van der Waals surface area contributed by atoms with Crippen molar-refractivity contribution in [3.63, 3.8) is 0 Å². The lowest BCUT2D eigenvalue weighted by Gasteiger charge is -2.38. The van der Waals surface area contributed by atoms with Crippen LogP contribution in [0, 0.1) is 6.92 Å². The molecule has 3 rings (SSSR count). The van der Waals surface area contributed by atoms with Crippen LogP contribution in [0.5, 0.6) is 11.5 Å². The lowest BCUT2D eigenvalue weighted by atomic mass is 9.73. The van der Waals surface area contributed by atoms with E-state index in [9.17, 15) is 4.79 Å². The van der Waals surface area contributed by atoms with Gasteiger partial charge in [-0.15, -0.1) is 0 Å². The Bertz CT molecular complexity index is 827. The summed E-state index contributed by atoms with van der Waals surface area (Å²) in [7, 11) is 0. The number of aryl methyl sites for hydroxylation is 1. The Morgan fingerprint density at radius 1 is 1.03 bits per heavy atom. The van der Waals surface area contributed by atoms with Crippen LogP contribution in [-0.4, -0.2) is 38.9 Å². The van der Waals surface area contributed by atoms with Crippen LogP contribution < -0.4 is 14.8 Å². The molecule has 1 fully saturated rings. The molecule has 0 aromatic heterocycles. The molecule has 1 aliphatic rings. The van der Waals surface area contributed by atoms with E-state index in [4.69, 9.17) is 14.2 Å². The first-order chi connectivity index (χ1) is 14.1. The maximum atomic E-state index is 12.9. The van der Waals surface area contributed by atoms with Crippen molar-refractivity contribution in [3.8, 4) is 11.5 Å². The second-order valence-electron chi connectivity index (χ2n) is 7.47. The van der Waals surface area contributed by atoms with Gasteiger partial charge in [-0.05, 0) is 57.4 Å². The Hall–Kier alpha value is -2.53. The van der Waals surface area contributed by atoms with Crippen LogP contribution in [0.15, 0.2) is 42.5 Å². The summed E-state index contributed by atoms with van der Waals surface area (Å²) in [5.41, 5.74) is 2.97. The largest absolute Gasteiger partial charge is 0.490 e. The molecular weight excluding hydrogens is 366 g/mol. The molecule has 1 aliphatic heterocycles. The van der Waals surface area contributed by atoms with Gasteiger partial charge in [0.25, 0.3) is 5.91 Å². The first kappa shape index (κ1) is 21.2. The highest BCUT2D eigenvalue weighted by molar-refractivity contribution is 5.95. The minimum atomic E-state index is -0.104. The lowest BCUT2D eigenvalue weighted by molar-refractivity contribution is 0.0487. The molecule has 0 radical (unpaired) electrons. The second kappa shape index (κ2) is 9.79. The summed E-state index contributed by atoms with van der Waals surface area (Å²) >= 11 is 0. The van der Waals surface area contributed by atoms with Gasteiger partial charge in [-0.25, -0.2) is 0 Å². The van der Waals surface area contributed by atoms with E-state index in [-0.39, 0.29) is 11.3 Å². The summed E-state index contributed by atoms with van der Waals surface area (Å²) in [5.74, 6) is 1.15. The SMILES string of the molecule is CCOc1ccc(C(=O)NCC2(c3cccc(C)c3)CCOCC2)cc1OCC. The molecule has 1 heterocycles. The fourth-order valence-corrected chi connectivity index (χ4v) is 3.85. The Morgan fingerprint density at radius 3 is 2.45 bits per heavy atom. The fourth-order valence-electron chi connectivity index (χ4n) is 3.85. The number of benzene rings is 2. The molecule has 0 aliphatic carbocycles. The summed E-state index contributed by atoms with van der Waals surface area (Å²) in [6, 6.07) is 13.9. The second-order valence-corrected chi connectivity index (χ2v) is 7.47. The molecule has 2 aromatic rings. The van der Waals surface area contributed by atoms with Gasteiger partial charge in [-0.3, -0.25) is 4.79 Å². The molecule has 0 atom stereocenters. The van der Waals surface area contributed by atoms with Gasteiger partial charge in [0.1, 0.15) is 0 Å². The zero-order valence-electron chi connectivity index (χ0n) is 17.6. The Kier molecular flexibility index (Phi) is 7.15. The molecule has 0 unspecified atom stereocenters. The van der Waals surface area contributed by atoms with Gasteiger partial charge in [0.05, 0.1) is 13.2 Å². The Labute approximate surface area is 173 Å². The van der Waals surface area contributed by atoms with E-state index >= 15 is 0 Å². The third kappa shape index (κ3) is 5.10. The van der Waals surface area contributed by atoms with Crippen molar-refractivity contribution in [2.75, 3.05) is 33.0 Å². The number of hydrogen-bond donors (Lipinski definition) is 1. The predicted molar refractivity (Wildman–Crippen MR) is 114 cm³/mol. The molecule has 0 bridgehead atoms. The van der Waals surface area contributed by atoms with Gasteiger partial charge in [0.2, 0.25) is 0 Å². The van der Waals surface area contributed by atoms with Crippen LogP contribution in [0.1, 0.15) is 48.2 Å². The molecule has 29 heavy (non-hydrogen) atoms. The maximum Gasteiger partial charge on any atom is 0.251 e. The standard InChI is InChI=1S/C24H31NO4/c1-4-28-21-10-9-19(16-22(21)29-5-2)23(26)25-17-24(11-13-27-14-12-24)20-8-6-7-18(3)15-20/h6-10,15-16H,4-5,11-14,17H2,1-3H3,(H,25,26). The first-order valence-corrected chi connectivity index (χ1v) is 10.4. The monoisotopic (exact) mass is 397 g/mol. The molecule has 5 heteroatoms. The van der Waals surface area contributed by atoms with E-state index in [1.54, 1.807) is 18.2 Å². The van der Waals surface area contributed by atoms with E-state index < -0.39 is 0 Å². The highest BCUT2D eigenvalue weighted by atomic mass is 16.5. The minimum Gasteiger partial charge on any atom is -0.490 e. The first-order valence-electron chi connectivity index (χ1n) is 10.4. The number of ether oxygens (including phenoxy) is 3. The average molecular weight is 398 g/mol. The molecule has 2 aromatic carbocycles. The fraction of sp³-hybridized carbons (Fsp3) is 0.458. The molecular formula is C24H31NO4. The van der Waals surface area contributed by atoms with E-state index in [1.807, 2.05) is 13.8 Å². The third-order valence-corrected chi connectivity index (χ3v) is 5.47.